The molecule has 3 saturated carbocycles. The first-order valence-electron chi connectivity index (χ1n) is 7.95. The second-order valence-electron chi connectivity index (χ2n) is 6.71. The molecule has 0 aromatic carbocycles. The molecule has 0 aliphatic heterocycles. The van der Waals surface area contributed by atoms with Crippen LogP contribution in [-0.2, 0) is 0 Å². The van der Waals surface area contributed by atoms with Gasteiger partial charge in [-0.25, -0.2) is 0 Å². The van der Waals surface area contributed by atoms with Gasteiger partial charge in [0.1, 0.15) is 6.71 Å². The molecule has 0 nitrogen and oxygen atoms in total. The molecule has 0 aromatic rings. The van der Waals surface area contributed by atoms with Crippen molar-refractivity contribution in [2.24, 2.45) is 0 Å². The second kappa shape index (κ2) is 5.15. The number of hydrogen-bond donors (Lipinski definition) is 0. The molecule has 0 bridgehead atoms. The fraction of sp³-hybridized carbons (Fsp3) is 1.00. The molecule has 0 aromatic heterocycles. The van der Waals surface area contributed by atoms with Gasteiger partial charge >= 0.3 is 0 Å². The Balaban J connectivity index is 0.00000108. The topological polar surface area (TPSA) is 0 Å². The van der Waals surface area contributed by atoms with E-state index in [9.17, 15) is 0 Å². The van der Waals surface area contributed by atoms with Crippen LogP contribution in [0.25, 0.3) is 0 Å². The summed E-state index contributed by atoms with van der Waals surface area (Å²) in [5, 5.41) is 0. The van der Waals surface area contributed by atoms with Gasteiger partial charge in [0.2, 0.25) is 0 Å². The zero-order chi connectivity index (χ0) is 10.8. The van der Waals surface area contributed by atoms with Gasteiger partial charge in [-0.05, 0) is 0 Å². The van der Waals surface area contributed by atoms with E-state index < -0.39 is 0 Å². The average Bonchev–Trinajstić information content (AvgIpc) is 3.02. The third-order valence-electron chi connectivity index (χ3n) is 5.83. The van der Waals surface area contributed by atoms with Gasteiger partial charge in [-0.15, -0.1) is 0 Å². The van der Waals surface area contributed by atoms with Crippen LogP contribution in [0.1, 0.15) is 78.5 Å². The predicted molar refractivity (Wildman–Crippen MR) is 74.5 cm³/mol. The molecule has 3 aliphatic rings. The van der Waals surface area contributed by atoms with E-state index in [1.54, 1.807) is 77.0 Å². The molecule has 0 unspecified atom stereocenters. The molecule has 16 heavy (non-hydrogen) atoms. The Morgan fingerprint density at radius 1 is 0.500 bits per heavy atom. The Morgan fingerprint density at radius 3 is 1.00 bits per heavy atom. The van der Waals surface area contributed by atoms with Crippen molar-refractivity contribution in [1.29, 1.82) is 0 Å². The molecule has 1 heteroatoms. The second-order valence-corrected chi connectivity index (χ2v) is 6.71. The third kappa shape index (κ3) is 2.20. The Bertz CT molecular complexity index is 175. The largest absolute Gasteiger partial charge is 0.149 e. The van der Waals surface area contributed by atoms with E-state index in [1.165, 1.54) is 0 Å². The molecule has 92 valence electrons. The standard InChI is InChI=1S/C15H27B.H2/c1-2-8-13(7-1)16(14-9-3-4-10-14)15-11-5-6-12-15;/h13-15H,1-12H2;1H. The fourth-order valence-electron chi connectivity index (χ4n) is 5.18. The van der Waals surface area contributed by atoms with Crippen LogP contribution in [0.4, 0.5) is 0 Å². The SMILES string of the molecule is C1CCC(B(C2CCCC2)C2CCCC2)C1.[HH]. The highest BCUT2D eigenvalue weighted by atomic mass is 14.3. The van der Waals surface area contributed by atoms with Crippen LogP contribution < -0.4 is 0 Å². The van der Waals surface area contributed by atoms with Gasteiger partial charge in [0.25, 0.3) is 0 Å². The van der Waals surface area contributed by atoms with Crippen LogP contribution in [0.2, 0.25) is 17.5 Å². The Kier molecular flexibility index (Phi) is 3.59. The Labute approximate surface area is 103 Å². The van der Waals surface area contributed by atoms with Crippen LogP contribution in [0.15, 0.2) is 0 Å². The van der Waals surface area contributed by atoms with Crippen molar-refractivity contribution in [2.75, 3.05) is 0 Å². The first kappa shape index (κ1) is 11.2. The van der Waals surface area contributed by atoms with Gasteiger partial charge < -0.3 is 0 Å². The van der Waals surface area contributed by atoms with Crippen molar-refractivity contribution in [1.82, 2.24) is 0 Å². The maximum atomic E-state index is 1.58. The molecule has 0 radical (unpaired) electrons. The molecule has 0 amide bonds. The summed E-state index contributed by atoms with van der Waals surface area (Å²) in [6, 6.07) is 0. The summed E-state index contributed by atoms with van der Waals surface area (Å²) in [5.41, 5.74) is 0. The highest BCUT2D eigenvalue weighted by Crippen LogP contribution is 2.51. The van der Waals surface area contributed by atoms with E-state index in [1.807, 2.05) is 0 Å². The summed E-state index contributed by atoms with van der Waals surface area (Å²) < 4.78 is 0. The zero-order valence-corrected chi connectivity index (χ0v) is 10.8. The lowest BCUT2D eigenvalue weighted by Crippen LogP contribution is -2.29. The van der Waals surface area contributed by atoms with E-state index in [2.05, 4.69) is 0 Å². The molecular formula is C15H29B. The molecule has 0 atom stereocenters. The Hall–Kier alpha value is 0.0649. The normalized spacial score (nSPS) is 29.2. The number of rotatable bonds is 3. The van der Waals surface area contributed by atoms with Crippen LogP contribution in [0.3, 0.4) is 0 Å². The van der Waals surface area contributed by atoms with Gasteiger partial charge in [-0.2, -0.15) is 0 Å². The summed E-state index contributed by atoms with van der Waals surface area (Å²) in [4.78, 5) is 0. The smallest absolute Gasteiger partial charge is 0.0617 e. The minimum absolute atomic E-state index is 0. The average molecular weight is 220 g/mol. The minimum Gasteiger partial charge on any atom is -0.0617 e. The minimum atomic E-state index is 0. The molecule has 3 aliphatic carbocycles. The van der Waals surface area contributed by atoms with Gasteiger partial charge in [0.05, 0.1) is 0 Å². The van der Waals surface area contributed by atoms with E-state index in [0.717, 1.165) is 24.2 Å². The molecule has 3 rings (SSSR count). The van der Waals surface area contributed by atoms with Gasteiger partial charge in [0, 0.05) is 1.43 Å². The van der Waals surface area contributed by atoms with Crippen molar-refractivity contribution in [3.05, 3.63) is 0 Å². The van der Waals surface area contributed by atoms with E-state index >= 15 is 0 Å². The van der Waals surface area contributed by atoms with E-state index in [4.69, 9.17) is 0 Å². The molecule has 0 spiro atoms. The maximum Gasteiger partial charge on any atom is 0.149 e. The van der Waals surface area contributed by atoms with Crippen LogP contribution in [0, 0.1) is 0 Å². The summed E-state index contributed by atoms with van der Waals surface area (Å²) in [7, 11) is 0. The quantitative estimate of drug-likeness (QED) is 0.546. The Morgan fingerprint density at radius 2 is 0.750 bits per heavy atom. The highest BCUT2D eigenvalue weighted by molar-refractivity contribution is 6.63. The van der Waals surface area contributed by atoms with Crippen molar-refractivity contribution < 1.29 is 1.43 Å². The first-order valence-corrected chi connectivity index (χ1v) is 7.95. The first-order chi connectivity index (χ1) is 7.95. The lowest BCUT2D eigenvalue weighted by Gasteiger charge is -2.31. The molecule has 3 fully saturated rings. The molecular weight excluding hydrogens is 191 g/mol. The fourth-order valence-corrected chi connectivity index (χ4v) is 5.18. The van der Waals surface area contributed by atoms with E-state index in [-0.39, 0.29) is 1.43 Å². The summed E-state index contributed by atoms with van der Waals surface area (Å²) in [6.07, 6.45) is 18.7. The van der Waals surface area contributed by atoms with Gasteiger partial charge in [-0.3, -0.25) is 0 Å². The van der Waals surface area contributed by atoms with Crippen LogP contribution >= 0.6 is 0 Å². The van der Waals surface area contributed by atoms with Crippen LogP contribution in [-0.4, -0.2) is 6.71 Å². The van der Waals surface area contributed by atoms with Crippen molar-refractivity contribution in [3.8, 4) is 0 Å². The maximum absolute atomic E-state index is 1.58. The molecule has 0 N–H and O–H groups in total. The van der Waals surface area contributed by atoms with Gasteiger partial charge in [0.15, 0.2) is 0 Å². The lowest BCUT2D eigenvalue weighted by molar-refractivity contribution is 0.709. The lowest BCUT2D eigenvalue weighted by atomic mass is 9.27. The van der Waals surface area contributed by atoms with Crippen molar-refractivity contribution in [2.45, 2.75) is 94.5 Å². The van der Waals surface area contributed by atoms with Gasteiger partial charge in [-0.1, -0.05) is 94.5 Å². The van der Waals surface area contributed by atoms with E-state index in [0.29, 0.717) is 0 Å². The number of hydrogen-bond acceptors (Lipinski definition) is 0. The summed E-state index contributed by atoms with van der Waals surface area (Å²) >= 11 is 0. The zero-order valence-electron chi connectivity index (χ0n) is 10.8. The summed E-state index contributed by atoms with van der Waals surface area (Å²) in [5.74, 6) is 3.43. The monoisotopic (exact) mass is 220 g/mol. The molecule has 0 heterocycles. The van der Waals surface area contributed by atoms with Crippen LogP contribution in [0.5, 0.6) is 0 Å². The molecule has 0 saturated heterocycles. The third-order valence-corrected chi connectivity index (χ3v) is 5.83. The van der Waals surface area contributed by atoms with Crippen molar-refractivity contribution in [3.63, 3.8) is 0 Å². The summed E-state index contributed by atoms with van der Waals surface area (Å²) in [6.45, 7) is 1.16. The van der Waals surface area contributed by atoms with Crippen molar-refractivity contribution >= 4 is 6.71 Å². The highest BCUT2D eigenvalue weighted by Gasteiger charge is 2.41. The predicted octanol–water partition coefficient (Wildman–Crippen LogP) is 5.56.